The molecule has 0 aliphatic carbocycles. The van der Waals surface area contributed by atoms with E-state index in [9.17, 15) is 4.79 Å². The van der Waals surface area contributed by atoms with E-state index in [-0.39, 0.29) is 5.91 Å². The Hall–Kier alpha value is -1.88. The SMILES string of the molecule is Cc1nc(CC(C)C)sc1C(=O)Nc1cccc(N2CCCCC2)c1. The number of carbonyl (C=O) groups excluding carboxylic acids is 1. The molecule has 1 saturated heterocycles. The first-order chi connectivity index (χ1) is 12.0. The zero-order valence-electron chi connectivity index (χ0n) is 15.3. The summed E-state index contributed by atoms with van der Waals surface area (Å²) in [5.41, 5.74) is 2.87. The Morgan fingerprint density at radius 3 is 2.76 bits per heavy atom. The van der Waals surface area contributed by atoms with E-state index in [4.69, 9.17) is 0 Å². The fourth-order valence-electron chi connectivity index (χ4n) is 3.22. The van der Waals surface area contributed by atoms with Gasteiger partial charge in [0.1, 0.15) is 4.88 Å². The molecule has 0 spiro atoms. The van der Waals surface area contributed by atoms with Crippen LogP contribution in [0.4, 0.5) is 11.4 Å². The molecule has 5 heteroatoms. The Balaban J connectivity index is 1.71. The lowest BCUT2D eigenvalue weighted by molar-refractivity contribution is 0.103. The van der Waals surface area contributed by atoms with E-state index in [2.05, 4.69) is 41.2 Å². The number of benzene rings is 1. The van der Waals surface area contributed by atoms with Crippen LogP contribution in [0.1, 0.15) is 53.5 Å². The molecule has 1 aromatic carbocycles. The van der Waals surface area contributed by atoms with Gasteiger partial charge in [0.25, 0.3) is 5.91 Å². The van der Waals surface area contributed by atoms with Crippen LogP contribution in [-0.2, 0) is 6.42 Å². The van der Waals surface area contributed by atoms with Crippen molar-refractivity contribution in [1.82, 2.24) is 4.98 Å². The molecule has 25 heavy (non-hydrogen) atoms. The summed E-state index contributed by atoms with van der Waals surface area (Å²) in [6.45, 7) is 8.46. The number of piperidine rings is 1. The number of hydrogen-bond donors (Lipinski definition) is 1. The number of carbonyl (C=O) groups is 1. The van der Waals surface area contributed by atoms with E-state index in [1.54, 1.807) is 0 Å². The topological polar surface area (TPSA) is 45.2 Å². The van der Waals surface area contributed by atoms with Gasteiger partial charge in [-0.3, -0.25) is 4.79 Å². The summed E-state index contributed by atoms with van der Waals surface area (Å²) in [4.78, 5) is 20.3. The van der Waals surface area contributed by atoms with Gasteiger partial charge in [-0.05, 0) is 50.3 Å². The van der Waals surface area contributed by atoms with Crippen molar-refractivity contribution in [3.05, 3.63) is 39.8 Å². The van der Waals surface area contributed by atoms with Crippen LogP contribution in [0.3, 0.4) is 0 Å². The summed E-state index contributed by atoms with van der Waals surface area (Å²) >= 11 is 1.51. The molecule has 0 saturated carbocycles. The van der Waals surface area contributed by atoms with Gasteiger partial charge in [0.2, 0.25) is 0 Å². The van der Waals surface area contributed by atoms with Gasteiger partial charge in [-0.25, -0.2) is 4.98 Å². The zero-order chi connectivity index (χ0) is 17.8. The lowest BCUT2D eigenvalue weighted by Crippen LogP contribution is -2.29. The quantitative estimate of drug-likeness (QED) is 0.828. The van der Waals surface area contributed by atoms with E-state index >= 15 is 0 Å². The van der Waals surface area contributed by atoms with Gasteiger partial charge in [0.15, 0.2) is 0 Å². The van der Waals surface area contributed by atoms with Crippen molar-refractivity contribution in [1.29, 1.82) is 0 Å². The first-order valence-corrected chi connectivity index (χ1v) is 9.97. The molecule has 1 fully saturated rings. The van der Waals surface area contributed by atoms with Gasteiger partial charge < -0.3 is 10.2 Å². The number of nitrogens with zero attached hydrogens (tertiary/aromatic N) is 2. The predicted molar refractivity (Wildman–Crippen MR) is 106 cm³/mol. The second kappa shape index (κ2) is 8.00. The average molecular weight is 358 g/mol. The van der Waals surface area contributed by atoms with E-state index in [1.165, 1.54) is 36.3 Å². The number of rotatable bonds is 5. The molecule has 4 nitrogen and oxygen atoms in total. The van der Waals surface area contributed by atoms with Crippen LogP contribution < -0.4 is 10.2 Å². The summed E-state index contributed by atoms with van der Waals surface area (Å²) < 4.78 is 0. The smallest absolute Gasteiger partial charge is 0.267 e. The fourth-order valence-corrected chi connectivity index (χ4v) is 4.39. The van der Waals surface area contributed by atoms with E-state index < -0.39 is 0 Å². The third kappa shape index (κ3) is 4.60. The molecule has 0 bridgehead atoms. The summed E-state index contributed by atoms with van der Waals surface area (Å²) in [7, 11) is 0. The number of aryl methyl sites for hydroxylation is 1. The Kier molecular flexibility index (Phi) is 5.74. The fraction of sp³-hybridized carbons (Fsp3) is 0.500. The van der Waals surface area contributed by atoms with Crippen LogP contribution in [0.25, 0.3) is 0 Å². The summed E-state index contributed by atoms with van der Waals surface area (Å²) in [5, 5.41) is 4.09. The molecule has 1 N–H and O–H groups in total. The van der Waals surface area contributed by atoms with Crippen LogP contribution in [0.5, 0.6) is 0 Å². The van der Waals surface area contributed by atoms with Gasteiger partial charge in [-0.15, -0.1) is 11.3 Å². The number of amides is 1. The molecule has 2 heterocycles. The van der Waals surface area contributed by atoms with Gasteiger partial charge in [-0.1, -0.05) is 19.9 Å². The molecular formula is C20H27N3OS. The number of hydrogen-bond acceptors (Lipinski definition) is 4. The van der Waals surface area contributed by atoms with Crippen LogP contribution >= 0.6 is 11.3 Å². The van der Waals surface area contributed by atoms with Gasteiger partial charge in [-0.2, -0.15) is 0 Å². The van der Waals surface area contributed by atoms with Crippen molar-refractivity contribution in [2.75, 3.05) is 23.3 Å². The van der Waals surface area contributed by atoms with Crippen LogP contribution in [0, 0.1) is 12.8 Å². The highest BCUT2D eigenvalue weighted by molar-refractivity contribution is 7.13. The number of aromatic nitrogens is 1. The van der Waals surface area contributed by atoms with Crippen molar-refractivity contribution >= 4 is 28.6 Å². The molecule has 134 valence electrons. The standard InChI is InChI=1S/C20H27N3OS/c1-14(2)12-18-21-15(3)19(25-18)20(24)22-16-8-7-9-17(13-16)23-10-5-4-6-11-23/h7-9,13-14H,4-6,10-12H2,1-3H3,(H,22,24). The summed E-state index contributed by atoms with van der Waals surface area (Å²) in [5.74, 6) is 0.489. The minimum atomic E-state index is -0.0548. The predicted octanol–water partition coefficient (Wildman–Crippen LogP) is 4.89. The molecule has 1 aliphatic heterocycles. The number of anilines is 2. The maximum Gasteiger partial charge on any atom is 0.267 e. The van der Waals surface area contributed by atoms with Gasteiger partial charge in [0, 0.05) is 30.9 Å². The second-order valence-electron chi connectivity index (χ2n) is 7.17. The number of nitrogens with one attached hydrogen (secondary N) is 1. The summed E-state index contributed by atoms with van der Waals surface area (Å²) in [6.07, 6.45) is 4.73. The third-order valence-corrected chi connectivity index (χ3v) is 5.63. The van der Waals surface area contributed by atoms with Crippen molar-refractivity contribution < 1.29 is 4.79 Å². The highest BCUT2D eigenvalue weighted by Crippen LogP contribution is 2.25. The average Bonchev–Trinajstić information content (AvgIpc) is 2.95. The first kappa shape index (κ1) is 17.9. The highest BCUT2D eigenvalue weighted by Gasteiger charge is 2.17. The van der Waals surface area contributed by atoms with Crippen molar-refractivity contribution in [2.24, 2.45) is 5.92 Å². The van der Waals surface area contributed by atoms with Gasteiger partial charge >= 0.3 is 0 Å². The molecular weight excluding hydrogens is 330 g/mol. The number of thiazole rings is 1. The van der Waals surface area contributed by atoms with Crippen molar-refractivity contribution in [3.63, 3.8) is 0 Å². The molecule has 1 aliphatic rings. The molecule has 3 rings (SSSR count). The van der Waals surface area contributed by atoms with Crippen LogP contribution in [0.15, 0.2) is 24.3 Å². The lowest BCUT2D eigenvalue weighted by atomic mass is 10.1. The maximum atomic E-state index is 12.7. The Bertz CT molecular complexity index is 732. The second-order valence-corrected chi connectivity index (χ2v) is 8.26. The monoisotopic (exact) mass is 357 g/mol. The molecule has 1 amide bonds. The van der Waals surface area contributed by atoms with Crippen molar-refractivity contribution in [2.45, 2.75) is 46.5 Å². The maximum absolute atomic E-state index is 12.7. The zero-order valence-corrected chi connectivity index (χ0v) is 16.2. The third-order valence-electron chi connectivity index (χ3n) is 4.46. The van der Waals surface area contributed by atoms with Crippen LogP contribution in [0.2, 0.25) is 0 Å². The molecule has 2 aromatic rings. The first-order valence-electron chi connectivity index (χ1n) is 9.15. The Morgan fingerprint density at radius 1 is 1.28 bits per heavy atom. The van der Waals surface area contributed by atoms with Crippen molar-refractivity contribution in [3.8, 4) is 0 Å². The summed E-state index contributed by atoms with van der Waals surface area (Å²) in [6, 6.07) is 8.17. The molecule has 0 atom stereocenters. The van der Waals surface area contributed by atoms with Crippen LogP contribution in [-0.4, -0.2) is 24.0 Å². The lowest BCUT2D eigenvalue weighted by Gasteiger charge is -2.29. The minimum Gasteiger partial charge on any atom is -0.371 e. The van der Waals surface area contributed by atoms with E-state index in [0.717, 1.165) is 40.8 Å². The Morgan fingerprint density at radius 2 is 2.04 bits per heavy atom. The minimum absolute atomic E-state index is 0.0548. The van der Waals surface area contributed by atoms with E-state index in [1.807, 2.05) is 19.1 Å². The van der Waals surface area contributed by atoms with Gasteiger partial charge in [0.05, 0.1) is 10.7 Å². The highest BCUT2D eigenvalue weighted by atomic mass is 32.1. The Labute approximate surface area is 154 Å². The normalized spacial score (nSPS) is 14.8. The molecule has 1 aromatic heterocycles. The van der Waals surface area contributed by atoms with E-state index in [0.29, 0.717) is 5.92 Å². The molecule has 0 radical (unpaired) electrons. The molecule has 0 unspecified atom stereocenters. The largest absolute Gasteiger partial charge is 0.371 e.